The molecule has 1 aliphatic heterocycles. The van der Waals surface area contributed by atoms with Crippen LogP contribution >= 0.6 is 23.2 Å². The maximum atomic E-state index is 12.2. The van der Waals surface area contributed by atoms with Gasteiger partial charge >= 0.3 is 6.61 Å². The van der Waals surface area contributed by atoms with Gasteiger partial charge in [-0.25, -0.2) is 0 Å². The van der Waals surface area contributed by atoms with E-state index in [-0.39, 0.29) is 27.9 Å². The normalized spacial score (nSPS) is 22.9. The van der Waals surface area contributed by atoms with Gasteiger partial charge in [0.15, 0.2) is 5.75 Å². The second-order valence-electron chi connectivity index (χ2n) is 4.69. The van der Waals surface area contributed by atoms with Crippen LogP contribution in [0.1, 0.15) is 19.8 Å². The molecule has 20 heavy (non-hydrogen) atoms. The first kappa shape index (κ1) is 15.6. The lowest BCUT2D eigenvalue weighted by atomic mass is 10.0. The van der Waals surface area contributed by atoms with Crippen molar-refractivity contribution in [1.82, 2.24) is 0 Å². The molecule has 7 heteroatoms. The van der Waals surface area contributed by atoms with Crippen LogP contribution in [0.5, 0.6) is 5.75 Å². The Balaban J connectivity index is 2.09. The van der Waals surface area contributed by atoms with Crippen molar-refractivity contribution in [2.45, 2.75) is 38.5 Å². The number of ether oxygens (including phenoxy) is 2. The van der Waals surface area contributed by atoms with Crippen LogP contribution in [0.3, 0.4) is 0 Å². The van der Waals surface area contributed by atoms with E-state index >= 15 is 0 Å². The van der Waals surface area contributed by atoms with Crippen molar-refractivity contribution in [3.63, 3.8) is 0 Å². The molecule has 0 bridgehead atoms. The van der Waals surface area contributed by atoms with Gasteiger partial charge in [-0.3, -0.25) is 0 Å². The molecule has 0 spiro atoms. The Hall–Kier alpha value is -0.780. The molecule has 3 nitrogen and oxygen atoms in total. The van der Waals surface area contributed by atoms with Gasteiger partial charge in [0.05, 0.1) is 16.1 Å². The highest BCUT2D eigenvalue weighted by molar-refractivity contribution is 6.37. The van der Waals surface area contributed by atoms with E-state index in [1.54, 1.807) is 0 Å². The Labute approximate surface area is 126 Å². The zero-order chi connectivity index (χ0) is 14.7. The summed E-state index contributed by atoms with van der Waals surface area (Å²) in [6, 6.07) is 3.31. The van der Waals surface area contributed by atoms with Crippen molar-refractivity contribution < 1.29 is 18.3 Å². The van der Waals surface area contributed by atoms with Crippen molar-refractivity contribution in [1.29, 1.82) is 0 Å². The molecule has 1 aromatic rings. The van der Waals surface area contributed by atoms with Crippen molar-refractivity contribution in [2.24, 2.45) is 0 Å². The summed E-state index contributed by atoms with van der Waals surface area (Å²) in [7, 11) is 0. The first-order valence-electron chi connectivity index (χ1n) is 6.27. The number of nitrogens with one attached hydrogen (secondary N) is 1. The van der Waals surface area contributed by atoms with Gasteiger partial charge in [-0.2, -0.15) is 8.78 Å². The lowest BCUT2D eigenvalue weighted by Gasteiger charge is -2.29. The van der Waals surface area contributed by atoms with Crippen LogP contribution in [0, 0.1) is 0 Å². The van der Waals surface area contributed by atoms with Gasteiger partial charge in [0.1, 0.15) is 0 Å². The number of rotatable bonds is 4. The Morgan fingerprint density at radius 1 is 1.35 bits per heavy atom. The molecule has 0 aliphatic carbocycles. The average molecular weight is 326 g/mol. The van der Waals surface area contributed by atoms with Crippen LogP contribution in [-0.4, -0.2) is 25.4 Å². The molecule has 112 valence electrons. The Morgan fingerprint density at radius 2 is 2.00 bits per heavy atom. The van der Waals surface area contributed by atoms with E-state index < -0.39 is 6.61 Å². The average Bonchev–Trinajstić information content (AvgIpc) is 2.33. The van der Waals surface area contributed by atoms with E-state index in [0.717, 1.165) is 12.8 Å². The summed E-state index contributed by atoms with van der Waals surface area (Å²) in [5.74, 6) is -0.200. The van der Waals surface area contributed by atoms with Crippen molar-refractivity contribution in [2.75, 3.05) is 11.9 Å². The van der Waals surface area contributed by atoms with E-state index in [1.807, 2.05) is 6.92 Å². The van der Waals surface area contributed by atoms with E-state index in [0.29, 0.717) is 12.3 Å². The van der Waals surface area contributed by atoms with Gasteiger partial charge < -0.3 is 14.8 Å². The summed E-state index contributed by atoms with van der Waals surface area (Å²) < 4.78 is 34.2. The third kappa shape index (κ3) is 4.11. The lowest BCUT2D eigenvalue weighted by molar-refractivity contribution is -0.0497. The molecule has 0 saturated carbocycles. The third-order valence-electron chi connectivity index (χ3n) is 3.06. The van der Waals surface area contributed by atoms with Gasteiger partial charge in [-0.1, -0.05) is 23.2 Å². The predicted molar refractivity (Wildman–Crippen MR) is 75.2 cm³/mol. The van der Waals surface area contributed by atoms with Crippen molar-refractivity contribution in [3.8, 4) is 5.75 Å². The van der Waals surface area contributed by atoms with E-state index in [2.05, 4.69) is 10.1 Å². The van der Waals surface area contributed by atoms with Crippen molar-refractivity contribution in [3.05, 3.63) is 22.2 Å². The minimum absolute atomic E-state index is 0.0559. The second kappa shape index (κ2) is 6.78. The fraction of sp³-hybridized carbons (Fsp3) is 0.538. The number of anilines is 1. The molecule has 1 saturated heterocycles. The number of hydrogen-bond acceptors (Lipinski definition) is 3. The van der Waals surface area contributed by atoms with Crippen LogP contribution in [-0.2, 0) is 4.74 Å². The molecule has 0 amide bonds. The van der Waals surface area contributed by atoms with E-state index in [1.165, 1.54) is 12.1 Å². The number of benzene rings is 1. The van der Waals surface area contributed by atoms with Gasteiger partial charge in [0.2, 0.25) is 0 Å². The fourth-order valence-corrected chi connectivity index (χ4v) is 2.79. The third-order valence-corrected chi connectivity index (χ3v) is 3.62. The summed E-state index contributed by atoms with van der Waals surface area (Å²) in [6.07, 6.45) is 1.92. The standard InChI is InChI=1S/C13H15Cl2F2NO2/c1-7-4-8(2-3-19-7)18-9-5-10(14)12(11(15)6-9)20-13(16)17/h5-8,13,18H,2-4H2,1H3. The maximum absolute atomic E-state index is 12.2. The first-order chi connectivity index (χ1) is 9.45. The molecular weight excluding hydrogens is 311 g/mol. The molecule has 0 aromatic heterocycles. The molecular formula is C13H15Cl2F2NO2. The Morgan fingerprint density at radius 3 is 2.55 bits per heavy atom. The highest BCUT2D eigenvalue weighted by atomic mass is 35.5. The van der Waals surface area contributed by atoms with Crippen molar-refractivity contribution >= 4 is 28.9 Å². The molecule has 2 atom stereocenters. The number of halogens is 4. The Kier molecular flexibility index (Phi) is 5.29. The summed E-state index contributed by atoms with van der Waals surface area (Å²) >= 11 is 11.8. The smallest absolute Gasteiger partial charge is 0.387 e. The highest BCUT2D eigenvalue weighted by Crippen LogP contribution is 2.37. The number of alkyl halides is 2. The van der Waals surface area contributed by atoms with E-state index in [4.69, 9.17) is 27.9 Å². The maximum Gasteiger partial charge on any atom is 0.387 e. The molecule has 1 heterocycles. The predicted octanol–water partition coefficient (Wildman–Crippen LogP) is 4.57. The molecule has 1 aromatic carbocycles. The zero-order valence-electron chi connectivity index (χ0n) is 10.8. The molecule has 2 rings (SSSR count). The zero-order valence-corrected chi connectivity index (χ0v) is 12.3. The molecule has 1 N–H and O–H groups in total. The minimum Gasteiger partial charge on any atom is -0.432 e. The lowest BCUT2D eigenvalue weighted by Crippen LogP contribution is -2.32. The summed E-state index contributed by atoms with van der Waals surface area (Å²) in [5.41, 5.74) is 0.681. The molecule has 0 radical (unpaired) electrons. The first-order valence-corrected chi connectivity index (χ1v) is 7.03. The summed E-state index contributed by atoms with van der Waals surface area (Å²) in [5, 5.41) is 3.39. The fourth-order valence-electron chi connectivity index (χ4n) is 2.21. The Bertz CT molecular complexity index is 451. The van der Waals surface area contributed by atoms with E-state index in [9.17, 15) is 8.78 Å². The van der Waals surface area contributed by atoms with Gasteiger partial charge in [-0.15, -0.1) is 0 Å². The summed E-state index contributed by atoms with van der Waals surface area (Å²) in [6.45, 7) is -0.264. The number of hydrogen-bond donors (Lipinski definition) is 1. The monoisotopic (exact) mass is 325 g/mol. The van der Waals surface area contributed by atoms with Crippen LogP contribution in [0.4, 0.5) is 14.5 Å². The van der Waals surface area contributed by atoms with Gasteiger partial charge in [0.25, 0.3) is 0 Å². The molecule has 1 fully saturated rings. The summed E-state index contributed by atoms with van der Waals surface area (Å²) in [4.78, 5) is 0. The van der Waals surface area contributed by atoms with Crippen LogP contribution < -0.4 is 10.1 Å². The molecule has 1 aliphatic rings. The highest BCUT2D eigenvalue weighted by Gasteiger charge is 2.20. The van der Waals surface area contributed by atoms with Crippen LogP contribution in [0.2, 0.25) is 10.0 Å². The second-order valence-corrected chi connectivity index (χ2v) is 5.51. The van der Waals surface area contributed by atoms with Crippen LogP contribution in [0.25, 0.3) is 0 Å². The van der Waals surface area contributed by atoms with Gasteiger partial charge in [0, 0.05) is 18.3 Å². The van der Waals surface area contributed by atoms with Crippen LogP contribution in [0.15, 0.2) is 12.1 Å². The molecule has 2 unspecified atom stereocenters. The SMILES string of the molecule is CC1CC(Nc2cc(Cl)c(OC(F)F)c(Cl)c2)CCO1. The largest absolute Gasteiger partial charge is 0.432 e. The topological polar surface area (TPSA) is 30.5 Å². The van der Waals surface area contributed by atoms with Gasteiger partial charge in [-0.05, 0) is 31.9 Å². The minimum atomic E-state index is -2.96. The quantitative estimate of drug-likeness (QED) is 0.879.